The van der Waals surface area contributed by atoms with Crippen molar-refractivity contribution in [3.05, 3.63) is 12.2 Å². The Labute approximate surface area is 152 Å². The summed E-state index contributed by atoms with van der Waals surface area (Å²) in [7, 11) is 0. The van der Waals surface area contributed by atoms with Gasteiger partial charge in [0.25, 0.3) is 0 Å². The Morgan fingerprint density at radius 3 is 2.42 bits per heavy atom. The first-order valence-electron chi connectivity index (χ1n) is 9.50. The van der Waals surface area contributed by atoms with Crippen molar-refractivity contribution in [3.8, 4) is 0 Å². The third-order valence-corrected chi connectivity index (χ3v) is 8.80. The van der Waals surface area contributed by atoms with Gasteiger partial charge in [-0.05, 0) is 61.7 Å². The zero-order valence-electron chi connectivity index (χ0n) is 15.3. The average molecular weight is 364 g/mol. The molecule has 144 valence electrons. The van der Waals surface area contributed by atoms with Gasteiger partial charge < -0.3 is 20.4 Å². The van der Waals surface area contributed by atoms with E-state index in [-0.39, 0.29) is 11.8 Å². The van der Waals surface area contributed by atoms with E-state index >= 15 is 0 Å². The van der Waals surface area contributed by atoms with Crippen LogP contribution in [0.3, 0.4) is 0 Å². The van der Waals surface area contributed by atoms with Crippen LogP contribution < -0.4 is 0 Å². The largest absolute Gasteiger partial charge is 0.481 e. The van der Waals surface area contributed by atoms with E-state index in [1.807, 2.05) is 6.92 Å². The molecular weight excluding hydrogens is 336 g/mol. The van der Waals surface area contributed by atoms with E-state index in [1.54, 1.807) is 0 Å². The highest BCUT2D eigenvalue weighted by Gasteiger charge is 2.77. The number of hydrogen-bond donors (Lipinski definition) is 4. The summed E-state index contributed by atoms with van der Waals surface area (Å²) in [5.74, 6) is -3.79. The predicted octanol–water partition coefficient (Wildman–Crippen LogP) is 1.90. The normalized spacial score (nSPS) is 55.3. The number of carboxylic acid groups (broad SMARTS) is 2. The maximum absolute atomic E-state index is 12.5. The van der Waals surface area contributed by atoms with E-state index < -0.39 is 52.2 Å². The Morgan fingerprint density at radius 1 is 1.19 bits per heavy atom. The van der Waals surface area contributed by atoms with Crippen molar-refractivity contribution in [2.24, 2.45) is 39.9 Å². The lowest BCUT2D eigenvalue weighted by Crippen LogP contribution is -2.57. The van der Waals surface area contributed by atoms with Crippen molar-refractivity contribution in [2.45, 2.75) is 58.2 Å². The Kier molecular flexibility index (Phi) is 3.53. The van der Waals surface area contributed by atoms with E-state index in [9.17, 15) is 30.0 Å². The summed E-state index contributed by atoms with van der Waals surface area (Å²) in [6.07, 6.45) is 0.905. The van der Waals surface area contributed by atoms with E-state index in [2.05, 4.69) is 6.58 Å². The monoisotopic (exact) mass is 364 g/mol. The molecule has 0 aromatic rings. The highest BCUT2D eigenvalue weighted by atomic mass is 16.4. The Morgan fingerprint density at radius 2 is 1.85 bits per heavy atom. The van der Waals surface area contributed by atoms with Gasteiger partial charge in [-0.2, -0.15) is 0 Å². The Hall–Kier alpha value is -1.40. The number of carboxylic acids is 2. The van der Waals surface area contributed by atoms with Gasteiger partial charge in [0.05, 0.1) is 23.5 Å². The molecule has 0 aromatic carbocycles. The van der Waals surface area contributed by atoms with Gasteiger partial charge in [-0.1, -0.05) is 19.1 Å². The first-order valence-corrected chi connectivity index (χ1v) is 9.50. The molecular formula is C20H28O6. The highest BCUT2D eigenvalue weighted by molar-refractivity contribution is 5.80. The molecule has 0 amide bonds. The molecule has 4 N–H and O–H groups in total. The summed E-state index contributed by atoms with van der Waals surface area (Å²) in [5.41, 5.74) is -1.71. The molecule has 0 heterocycles. The lowest BCUT2D eigenvalue weighted by Gasteiger charge is -2.52. The number of hydrogen-bond acceptors (Lipinski definition) is 4. The average Bonchev–Trinajstić information content (AvgIpc) is 2.96. The zero-order chi connectivity index (χ0) is 19.2. The second kappa shape index (κ2) is 5.10. The maximum Gasteiger partial charge on any atom is 0.312 e. The minimum Gasteiger partial charge on any atom is -0.481 e. The third-order valence-electron chi connectivity index (χ3n) is 8.80. The van der Waals surface area contributed by atoms with Gasteiger partial charge in [0, 0.05) is 5.92 Å². The number of rotatable bonds is 2. The van der Waals surface area contributed by atoms with Gasteiger partial charge in [-0.3, -0.25) is 9.59 Å². The molecule has 4 aliphatic rings. The van der Waals surface area contributed by atoms with E-state index in [4.69, 9.17) is 0 Å². The molecule has 9 atom stereocenters. The summed E-state index contributed by atoms with van der Waals surface area (Å²) >= 11 is 0. The summed E-state index contributed by atoms with van der Waals surface area (Å²) in [6, 6.07) is 0. The van der Waals surface area contributed by atoms with Gasteiger partial charge in [0.2, 0.25) is 0 Å². The molecule has 4 saturated carbocycles. The van der Waals surface area contributed by atoms with Gasteiger partial charge in [-0.25, -0.2) is 0 Å². The summed E-state index contributed by atoms with van der Waals surface area (Å²) in [4.78, 5) is 24.7. The first-order chi connectivity index (χ1) is 12.0. The quantitative estimate of drug-likeness (QED) is 0.556. The van der Waals surface area contributed by atoms with Gasteiger partial charge in [-0.15, -0.1) is 0 Å². The molecule has 9 unspecified atom stereocenters. The Bertz CT molecular complexity index is 702. The summed E-state index contributed by atoms with van der Waals surface area (Å²) in [6.45, 7) is 7.62. The molecule has 2 bridgehead atoms. The molecule has 0 aromatic heterocycles. The Balaban J connectivity index is 1.95. The van der Waals surface area contributed by atoms with E-state index in [1.165, 1.54) is 6.92 Å². The molecule has 0 aliphatic heterocycles. The van der Waals surface area contributed by atoms with Crippen LogP contribution in [0, 0.1) is 39.9 Å². The topological polar surface area (TPSA) is 115 Å². The SMILES string of the molecule is C=C1CC23CC1C(O)CC2C1(C)CCC(O)C(C)(C(=O)O)C1C3C(=O)O. The minimum absolute atomic E-state index is 0.0715. The lowest BCUT2D eigenvalue weighted by atomic mass is 9.52. The molecule has 0 radical (unpaired) electrons. The van der Waals surface area contributed by atoms with Crippen molar-refractivity contribution >= 4 is 11.9 Å². The van der Waals surface area contributed by atoms with Crippen LogP contribution in [0.5, 0.6) is 0 Å². The number of aliphatic hydroxyl groups is 2. The van der Waals surface area contributed by atoms with Crippen LogP contribution in [0.4, 0.5) is 0 Å². The lowest BCUT2D eigenvalue weighted by molar-refractivity contribution is -0.182. The van der Waals surface area contributed by atoms with E-state index in [0.29, 0.717) is 32.1 Å². The predicted molar refractivity (Wildman–Crippen MR) is 92.1 cm³/mol. The second-order valence-corrected chi connectivity index (χ2v) is 9.68. The third kappa shape index (κ3) is 1.80. The molecule has 26 heavy (non-hydrogen) atoms. The smallest absolute Gasteiger partial charge is 0.312 e. The van der Waals surface area contributed by atoms with Crippen molar-refractivity contribution in [2.75, 3.05) is 0 Å². The van der Waals surface area contributed by atoms with Crippen molar-refractivity contribution in [3.63, 3.8) is 0 Å². The molecule has 6 heteroatoms. The van der Waals surface area contributed by atoms with Crippen LogP contribution in [-0.2, 0) is 9.59 Å². The van der Waals surface area contributed by atoms with Crippen LogP contribution in [-0.4, -0.2) is 44.6 Å². The summed E-state index contributed by atoms with van der Waals surface area (Å²) < 4.78 is 0. The fourth-order valence-electron chi connectivity index (χ4n) is 7.78. The first kappa shape index (κ1) is 18.0. The van der Waals surface area contributed by atoms with Crippen LogP contribution in [0.1, 0.15) is 46.0 Å². The molecule has 6 nitrogen and oxygen atoms in total. The van der Waals surface area contributed by atoms with Crippen LogP contribution in [0.25, 0.3) is 0 Å². The minimum atomic E-state index is -1.51. The second-order valence-electron chi connectivity index (χ2n) is 9.68. The summed E-state index contributed by atoms with van der Waals surface area (Å²) in [5, 5.41) is 41.5. The zero-order valence-corrected chi connectivity index (χ0v) is 15.3. The molecule has 0 saturated heterocycles. The molecule has 4 aliphatic carbocycles. The molecule has 4 rings (SSSR count). The van der Waals surface area contributed by atoms with E-state index in [0.717, 1.165) is 5.57 Å². The van der Waals surface area contributed by atoms with Crippen LogP contribution in [0.15, 0.2) is 12.2 Å². The van der Waals surface area contributed by atoms with Crippen molar-refractivity contribution in [1.29, 1.82) is 0 Å². The fraction of sp³-hybridized carbons (Fsp3) is 0.800. The van der Waals surface area contributed by atoms with Gasteiger partial charge in [0.15, 0.2) is 0 Å². The standard InChI is InChI=1S/C20H28O6/c1-9-7-20-8-10(9)11(21)6-12(20)18(2)5-4-13(22)19(3,17(25)26)15(18)14(20)16(23)24/h10-15,21-22H,1,4-8H2,2-3H3,(H,23,24)(H,25,26). The van der Waals surface area contributed by atoms with Crippen molar-refractivity contribution < 1.29 is 30.0 Å². The molecule has 1 spiro atoms. The molecule has 4 fully saturated rings. The number of aliphatic carboxylic acids is 2. The van der Waals surface area contributed by atoms with Gasteiger partial charge >= 0.3 is 11.9 Å². The van der Waals surface area contributed by atoms with Crippen LogP contribution in [0.2, 0.25) is 0 Å². The van der Waals surface area contributed by atoms with Crippen LogP contribution >= 0.6 is 0 Å². The fourth-order valence-corrected chi connectivity index (χ4v) is 7.78. The van der Waals surface area contributed by atoms with Gasteiger partial charge in [0.1, 0.15) is 0 Å². The number of aliphatic hydroxyl groups excluding tert-OH is 2. The number of fused-ring (bicyclic) bond motifs is 3. The number of carbonyl (C=O) groups is 2. The van der Waals surface area contributed by atoms with Crippen molar-refractivity contribution in [1.82, 2.24) is 0 Å². The maximum atomic E-state index is 12.5. The highest BCUT2D eigenvalue weighted by Crippen LogP contribution is 2.77.